The molecule has 1 amide bonds. The Labute approximate surface area is 231 Å². The summed E-state index contributed by atoms with van der Waals surface area (Å²) in [4.78, 5) is 28.8. The van der Waals surface area contributed by atoms with Crippen molar-refractivity contribution in [3.05, 3.63) is 71.8 Å². The molecule has 0 aliphatic heterocycles. The Hall–Kier alpha value is -2.92. The second-order valence-electron chi connectivity index (χ2n) is 8.45. The number of unbranched alkanes of at least 4 members (excludes halogenated alkanes) is 4. The number of nitriles is 2. The van der Waals surface area contributed by atoms with Gasteiger partial charge in [-0.15, -0.1) is 14.0 Å². The van der Waals surface area contributed by atoms with E-state index in [0.29, 0.717) is 6.42 Å². The van der Waals surface area contributed by atoms with Crippen molar-refractivity contribution in [2.24, 2.45) is 0 Å². The topological polar surface area (TPSA) is 132 Å². The number of carbonyl (C=O) groups is 1. The lowest BCUT2D eigenvalue weighted by Crippen LogP contribution is -2.33. The van der Waals surface area contributed by atoms with E-state index >= 15 is 0 Å². The Morgan fingerprint density at radius 1 is 0.821 bits per heavy atom. The molecular formula is C28H36N3O7P. The lowest BCUT2D eigenvalue weighted by Gasteiger charge is -2.28. The Kier molecular flexibility index (Phi) is 17.4. The van der Waals surface area contributed by atoms with Crippen molar-refractivity contribution in [2.75, 3.05) is 13.2 Å². The summed E-state index contributed by atoms with van der Waals surface area (Å²) < 4.78 is 15.7. The lowest BCUT2D eigenvalue weighted by atomic mass is 9.95. The van der Waals surface area contributed by atoms with E-state index in [0.717, 1.165) is 43.2 Å². The number of hydrogen-bond donors (Lipinski definition) is 1. The number of rotatable bonds is 21. The molecule has 2 atom stereocenters. The first-order valence-corrected chi connectivity index (χ1v) is 14.1. The van der Waals surface area contributed by atoms with Gasteiger partial charge in [-0.3, -0.25) is 4.79 Å². The number of amides is 1. The monoisotopic (exact) mass is 557 g/mol. The molecule has 0 saturated heterocycles. The van der Waals surface area contributed by atoms with E-state index in [-0.39, 0.29) is 32.0 Å². The molecule has 0 spiro atoms. The highest BCUT2D eigenvalue weighted by molar-refractivity contribution is 7.41. The molecule has 0 fully saturated rings. The van der Waals surface area contributed by atoms with Crippen LogP contribution in [0.1, 0.15) is 81.6 Å². The highest BCUT2D eigenvalue weighted by Crippen LogP contribution is 2.44. The standard InChI is InChI=1S/C28H36N3O7P/c1-2-3-4-5-12-19-26(32)31-27(24-15-8-6-9-16-24)28(25-17-10-7-11-18-25)35-38-39(36-33-22-13-20-29)37-34-23-14-21-30/h6-11,15-18,27-28H,2-5,12-14,19,22-23H2,1H3,(H,31,32)/t27-,28+/m1/s1. The van der Waals surface area contributed by atoms with Crippen molar-refractivity contribution < 1.29 is 33.5 Å². The van der Waals surface area contributed by atoms with Crippen LogP contribution in [0.3, 0.4) is 0 Å². The van der Waals surface area contributed by atoms with Crippen LogP contribution in [-0.4, -0.2) is 19.1 Å². The molecule has 10 nitrogen and oxygen atoms in total. The van der Waals surface area contributed by atoms with Gasteiger partial charge in [-0.1, -0.05) is 93.3 Å². The number of nitrogens with zero attached hydrogens (tertiary/aromatic N) is 2. The smallest absolute Gasteiger partial charge is 0.346 e. The van der Waals surface area contributed by atoms with Crippen molar-refractivity contribution in [1.29, 1.82) is 10.5 Å². The van der Waals surface area contributed by atoms with Crippen LogP contribution < -0.4 is 5.32 Å². The quantitative estimate of drug-likeness (QED) is 0.0757. The number of benzene rings is 2. The molecule has 2 aromatic rings. The van der Waals surface area contributed by atoms with Crippen LogP contribution >= 0.6 is 8.60 Å². The van der Waals surface area contributed by atoms with Crippen LogP contribution in [0.15, 0.2) is 60.7 Å². The van der Waals surface area contributed by atoms with Gasteiger partial charge in [0, 0.05) is 6.42 Å². The van der Waals surface area contributed by atoms with Crippen LogP contribution in [0.4, 0.5) is 0 Å². The van der Waals surface area contributed by atoms with Crippen LogP contribution in [0.2, 0.25) is 0 Å². The average molecular weight is 558 g/mol. The third-order valence-corrected chi connectivity index (χ3v) is 6.10. The van der Waals surface area contributed by atoms with E-state index in [1.165, 1.54) is 0 Å². The molecule has 0 unspecified atom stereocenters. The Bertz CT molecular complexity index is 980. The molecule has 39 heavy (non-hydrogen) atoms. The summed E-state index contributed by atoms with van der Waals surface area (Å²) in [6, 6.07) is 22.0. The first kappa shape index (κ1) is 32.3. The fourth-order valence-electron chi connectivity index (χ4n) is 3.53. The maximum atomic E-state index is 13.0. The highest BCUT2D eigenvalue weighted by Gasteiger charge is 2.31. The minimum absolute atomic E-state index is 0.0245. The molecule has 2 rings (SSSR count). The number of hydrogen-bond acceptors (Lipinski definition) is 9. The van der Waals surface area contributed by atoms with Crippen LogP contribution in [0.5, 0.6) is 0 Å². The molecule has 11 heteroatoms. The summed E-state index contributed by atoms with van der Waals surface area (Å²) in [5.74, 6) is -0.0979. The molecule has 1 N–H and O–H groups in total. The summed E-state index contributed by atoms with van der Waals surface area (Å²) in [5.41, 5.74) is 1.55. The maximum absolute atomic E-state index is 13.0. The summed E-state index contributed by atoms with van der Waals surface area (Å²) in [5, 5.41) is 20.5. The van der Waals surface area contributed by atoms with Gasteiger partial charge in [-0.2, -0.15) is 10.5 Å². The van der Waals surface area contributed by atoms with Gasteiger partial charge in [-0.25, -0.2) is 14.7 Å². The van der Waals surface area contributed by atoms with E-state index in [1.807, 2.05) is 72.8 Å². The van der Waals surface area contributed by atoms with Gasteiger partial charge in [0.2, 0.25) is 5.91 Å². The Balaban J connectivity index is 2.19. The molecular weight excluding hydrogens is 521 g/mol. The first-order chi connectivity index (χ1) is 19.2. The summed E-state index contributed by atoms with van der Waals surface area (Å²) in [6.07, 6.45) is 4.97. The second kappa shape index (κ2) is 21.0. The molecule has 0 saturated carbocycles. The van der Waals surface area contributed by atoms with E-state index in [1.54, 1.807) is 0 Å². The second-order valence-corrected chi connectivity index (χ2v) is 9.35. The number of nitrogens with one attached hydrogen (secondary N) is 1. The van der Waals surface area contributed by atoms with Crippen LogP contribution in [0.25, 0.3) is 0 Å². The largest absolute Gasteiger partial charge is 0.421 e. The van der Waals surface area contributed by atoms with Gasteiger partial charge >= 0.3 is 8.60 Å². The first-order valence-electron chi connectivity index (χ1n) is 13.1. The SMILES string of the molecule is CCCCCCCC(=O)N[C@H](c1ccccc1)[C@@H](OOP(OOCCC#N)OOCCC#N)c1ccccc1. The molecule has 0 aliphatic rings. The van der Waals surface area contributed by atoms with E-state index in [9.17, 15) is 4.79 Å². The van der Waals surface area contributed by atoms with Gasteiger partial charge in [0.05, 0.1) is 44.2 Å². The minimum Gasteiger partial charge on any atom is -0.346 e. The van der Waals surface area contributed by atoms with Crippen molar-refractivity contribution in [3.8, 4) is 12.1 Å². The normalized spacial score (nSPS) is 12.4. The zero-order chi connectivity index (χ0) is 28.0. The van der Waals surface area contributed by atoms with Gasteiger partial charge in [0.25, 0.3) is 0 Å². The van der Waals surface area contributed by atoms with Gasteiger partial charge < -0.3 is 5.32 Å². The fourth-order valence-corrected chi connectivity index (χ4v) is 4.09. The molecule has 210 valence electrons. The molecule has 0 heterocycles. The van der Waals surface area contributed by atoms with Crippen LogP contribution in [0, 0.1) is 22.7 Å². The van der Waals surface area contributed by atoms with Gasteiger partial charge in [0.15, 0.2) is 0 Å². The lowest BCUT2D eigenvalue weighted by molar-refractivity contribution is -0.326. The third kappa shape index (κ3) is 13.6. The Morgan fingerprint density at radius 3 is 1.95 bits per heavy atom. The van der Waals surface area contributed by atoms with E-state index in [2.05, 4.69) is 12.2 Å². The summed E-state index contributed by atoms with van der Waals surface area (Å²) >= 11 is 0. The summed E-state index contributed by atoms with van der Waals surface area (Å²) in [6.45, 7) is 2.11. The minimum atomic E-state index is -2.34. The van der Waals surface area contributed by atoms with Crippen molar-refractivity contribution in [1.82, 2.24) is 5.32 Å². The predicted molar refractivity (Wildman–Crippen MR) is 144 cm³/mol. The van der Waals surface area contributed by atoms with Gasteiger partial charge in [-0.05, 0) is 17.5 Å². The molecule has 0 radical (unpaired) electrons. The average Bonchev–Trinajstić information content (AvgIpc) is 2.97. The molecule has 0 bridgehead atoms. The molecule has 0 aromatic heterocycles. The zero-order valence-electron chi connectivity index (χ0n) is 22.2. The Morgan fingerprint density at radius 2 is 1.38 bits per heavy atom. The highest BCUT2D eigenvalue weighted by atomic mass is 31.2. The maximum Gasteiger partial charge on any atom is 0.421 e. The third-order valence-electron chi connectivity index (χ3n) is 5.44. The van der Waals surface area contributed by atoms with Crippen molar-refractivity contribution in [2.45, 2.75) is 70.4 Å². The molecule has 0 aliphatic carbocycles. The molecule has 2 aromatic carbocycles. The van der Waals surface area contributed by atoms with E-state index < -0.39 is 20.7 Å². The van der Waals surface area contributed by atoms with E-state index in [4.69, 9.17) is 39.2 Å². The summed E-state index contributed by atoms with van der Waals surface area (Å²) in [7, 11) is -2.34. The number of carbonyl (C=O) groups excluding carboxylic acids is 1. The predicted octanol–water partition coefficient (Wildman–Crippen LogP) is 6.84. The van der Waals surface area contributed by atoms with Gasteiger partial charge in [0.1, 0.15) is 6.10 Å². The van der Waals surface area contributed by atoms with Crippen molar-refractivity contribution >= 4 is 14.5 Å². The van der Waals surface area contributed by atoms with Crippen molar-refractivity contribution in [3.63, 3.8) is 0 Å². The fraction of sp³-hybridized carbons (Fsp3) is 0.464. The zero-order valence-corrected chi connectivity index (χ0v) is 23.1. The van der Waals surface area contributed by atoms with Crippen LogP contribution in [-0.2, 0) is 33.5 Å².